The van der Waals surface area contributed by atoms with E-state index in [4.69, 9.17) is 5.10 Å². The number of amides is 1. The van der Waals surface area contributed by atoms with Crippen LogP contribution in [0.2, 0.25) is 0 Å². The van der Waals surface area contributed by atoms with Gasteiger partial charge in [0.2, 0.25) is 0 Å². The number of carbonyl (C=O) groups excluding carboxylic acids is 1. The Morgan fingerprint density at radius 3 is 2.72 bits per heavy atom. The number of nitrogens with one attached hydrogen (secondary N) is 2. The third-order valence-electron chi connectivity index (χ3n) is 5.12. The number of aromatic nitrogens is 2. The summed E-state index contributed by atoms with van der Waals surface area (Å²) in [6, 6.07) is 11.5. The lowest BCUT2D eigenvalue weighted by atomic mass is 9.91. The normalized spacial score (nSPS) is 19.5. The summed E-state index contributed by atoms with van der Waals surface area (Å²) < 4.78 is 2.04. The molecule has 1 heterocycles. The number of nitrogens with zero attached hydrogens (tertiary/aromatic N) is 2. The third-order valence-corrected chi connectivity index (χ3v) is 5.12. The Bertz CT molecular complexity index is 749. The highest BCUT2D eigenvalue weighted by Gasteiger charge is 2.32. The molecule has 0 aliphatic heterocycles. The molecule has 1 saturated carbocycles. The molecule has 0 spiro atoms. The number of rotatable bonds is 6. The van der Waals surface area contributed by atoms with E-state index in [1.165, 1.54) is 24.1 Å². The lowest BCUT2D eigenvalue weighted by molar-refractivity contribution is 0.0949. The van der Waals surface area contributed by atoms with Crippen LogP contribution in [-0.4, -0.2) is 34.3 Å². The highest BCUT2D eigenvalue weighted by atomic mass is 16.1. The Morgan fingerprint density at radius 1 is 1.20 bits per heavy atom. The average molecular weight is 338 g/mol. The first-order chi connectivity index (χ1) is 12.2. The first kappa shape index (κ1) is 16.3. The van der Waals surface area contributed by atoms with Crippen molar-refractivity contribution in [2.75, 3.05) is 6.54 Å². The van der Waals surface area contributed by atoms with Gasteiger partial charge >= 0.3 is 0 Å². The quantitative estimate of drug-likeness (QED) is 0.850. The van der Waals surface area contributed by atoms with Gasteiger partial charge < -0.3 is 10.6 Å². The highest BCUT2D eigenvalue weighted by Crippen LogP contribution is 2.28. The molecule has 2 aromatic rings. The van der Waals surface area contributed by atoms with Crippen LogP contribution in [0.3, 0.4) is 0 Å². The minimum atomic E-state index is -0.0439. The predicted octanol–water partition coefficient (Wildman–Crippen LogP) is 2.29. The Labute approximate surface area is 148 Å². The summed E-state index contributed by atoms with van der Waals surface area (Å²) in [6.07, 6.45) is 5.60. The summed E-state index contributed by atoms with van der Waals surface area (Å²) in [5.74, 6) is -0.0439. The van der Waals surface area contributed by atoms with Crippen molar-refractivity contribution in [2.45, 2.75) is 57.7 Å². The molecule has 2 N–H and O–H groups in total. The molecule has 1 amide bonds. The second-order valence-electron chi connectivity index (χ2n) is 7.16. The van der Waals surface area contributed by atoms with Crippen LogP contribution in [0.25, 0.3) is 0 Å². The summed E-state index contributed by atoms with van der Waals surface area (Å²) in [5.41, 5.74) is 4.22. The van der Waals surface area contributed by atoms with Crippen LogP contribution in [0.15, 0.2) is 30.3 Å². The van der Waals surface area contributed by atoms with Gasteiger partial charge in [-0.05, 0) is 44.6 Å². The molecule has 1 aromatic heterocycles. The Balaban J connectivity index is 1.62. The first-order valence-electron chi connectivity index (χ1n) is 9.41. The highest BCUT2D eigenvalue weighted by molar-refractivity contribution is 5.94. The van der Waals surface area contributed by atoms with Crippen LogP contribution in [0, 0.1) is 0 Å². The molecule has 2 aliphatic rings. The minimum Gasteiger partial charge on any atom is -0.351 e. The smallest absolute Gasteiger partial charge is 0.272 e. The fraction of sp³-hybridized carbons (Fsp3) is 0.500. The van der Waals surface area contributed by atoms with E-state index in [1.807, 2.05) is 29.8 Å². The molecular formula is C20H26N4O. The van der Waals surface area contributed by atoms with Gasteiger partial charge in [-0.3, -0.25) is 9.48 Å². The lowest BCUT2D eigenvalue weighted by Gasteiger charge is -2.24. The van der Waals surface area contributed by atoms with Crippen LogP contribution in [0.1, 0.15) is 53.5 Å². The lowest BCUT2D eigenvalue weighted by Crippen LogP contribution is -2.37. The van der Waals surface area contributed by atoms with Crippen molar-refractivity contribution in [3.05, 3.63) is 52.8 Å². The van der Waals surface area contributed by atoms with Crippen molar-refractivity contribution in [2.24, 2.45) is 0 Å². The van der Waals surface area contributed by atoms with Crippen LogP contribution in [0.4, 0.5) is 0 Å². The fourth-order valence-electron chi connectivity index (χ4n) is 3.73. The summed E-state index contributed by atoms with van der Waals surface area (Å²) in [6.45, 7) is 3.30. The number of hydrogen-bond acceptors (Lipinski definition) is 3. The molecule has 2 aliphatic carbocycles. The van der Waals surface area contributed by atoms with Crippen molar-refractivity contribution < 1.29 is 4.79 Å². The van der Waals surface area contributed by atoms with Crippen molar-refractivity contribution in [3.8, 4) is 0 Å². The summed E-state index contributed by atoms with van der Waals surface area (Å²) in [5, 5.41) is 11.4. The van der Waals surface area contributed by atoms with Crippen molar-refractivity contribution in [1.82, 2.24) is 20.4 Å². The maximum atomic E-state index is 12.5. The number of benzene rings is 1. The molecule has 5 heteroatoms. The van der Waals surface area contributed by atoms with E-state index in [-0.39, 0.29) is 5.91 Å². The molecule has 4 rings (SSSR count). The number of carbonyl (C=O) groups is 1. The van der Waals surface area contributed by atoms with Crippen molar-refractivity contribution >= 4 is 5.91 Å². The van der Waals surface area contributed by atoms with Gasteiger partial charge in [0.05, 0.1) is 6.54 Å². The van der Waals surface area contributed by atoms with Crippen LogP contribution in [-0.2, 0) is 19.4 Å². The maximum Gasteiger partial charge on any atom is 0.272 e. The van der Waals surface area contributed by atoms with Crippen LogP contribution >= 0.6 is 0 Å². The van der Waals surface area contributed by atoms with Crippen molar-refractivity contribution in [3.63, 3.8) is 0 Å². The molecular weight excluding hydrogens is 312 g/mol. The van der Waals surface area contributed by atoms with Gasteiger partial charge in [-0.2, -0.15) is 5.10 Å². The molecule has 1 atom stereocenters. The monoisotopic (exact) mass is 338 g/mol. The molecule has 1 fully saturated rings. The number of hydrogen-bond donors (Lipinski definition) is 2. The molecule has 1 aromatic carbocycles. The standard InChI is InChI=1S/C20H26N4O/c1-2-21-20(25)19-17-12-16(22-15-8-9-15)10-11-18(17)24(23-19)13-14-6-4-3-5-7-14/h3-7,15-16,22H,2,8-13H2,1H3,(H,21,25). The zero-order valence-electron chi connectivity index (χ0n) is 14.8. The van der Waals surface area contributed by atoms with Gasteiger partial charge in [0.25, 0.3) is 5.91 Å². The molecule has 0 radical (unpaired) electrons. The zero-order chi connectivity index (χ0) is 17.2. The van der Waals surface area contributed by atoms with Gasteiger partial charge in [0.1, 0.15) is 0 Å². The Hall–Kier alpha value is -2.14. The predicted molar refractivity (Wildman–Crippen MR) is 97.7 cm³/mol. The van der Waals surface area contributed by atoms with E-state index in [2.05, 4.69) is 22.8 Å². The van der Waals surface area contributed by atoms with E-state index < -0.39 is 0 Å². The minimum absolute atomic E-state index is 0.0439. The van der Waals surface area contributed by atoms with E-state index in [1.54, 1.807) is 0 Å². The second kappa shape index (κ2) is 7.00. The van der Waals surface area contributed by atoms with Crippen LogP contribution in [0.5, 0.6) is 0 Å². The molecule has 0 saturated heterocycles. The summed E-state index contributed by atoms with van der Waals surface area (Å²) in [7, 11) is 0. The summed E-state index contributed by atoms with van der Waals surface area (Å²) >= 11 is 0. The molecule has 132 valence electrons. The molecule has 0 bridgehead atoms. The Kier molecular flexibility index (Phi) is 4.57. The SMILES string of the molecule is CCNC(=O)c1nn(Cc2ccccc2)c2c1CC(NC1CC1)CC2. The van der Waals surface area contributed by atoms with E-state index >= 15 is 0 Å². The summed E-state index contributed by atoms with van der Waals surface area (Å²) in [4.78, 5) is 12.5. The van der Waals surface area contributed by atoms with Gasteiger partial charge in [-0.25, -0.2) is 0 Å². The topological polar surface area (TPSA) is 59.0 Å². The van der Waals surface area contributed by atoms with Gasteiger partial charge in [0.15, 0.2) is 5.69 Å². The van der Waals surface area contributed by atoms with Gasteiger partial charge in [-0.1, -0.05) is 30.3 Å². The van der Waals surface area contributed by atoms with E-state index in [0.717, 1.165) is 31.4 Å². The average Bonchev–Trinajstić information content (AvgIpc) is 3.37. The van der Waals surface area contributed by atoms with E-state index in [0.29, 0.717) is 24.3 Å². The zero-order valence-corrected chi connectivity index (χ0v) is 14.8. The third kappa shape index (κ3) is 3.61. The Morgan fingerprint density at radius 2 is 2.00 bits per heavy atom. The van der Waals surface area contributed by atoms with E-state index in [9.17, 15) is 4.79 Å². The largest absolute Gasteiger partial charge is 0.351 e. The molecule has 25 heavy (non-hydrogen) atoms. The fourth-order valence-corrected chi connectivity index (χ4v) is 3.73. The van der Waals surface area contributed by atoms with Gasteiger partial charge in [-0.15, -0.1) is 0 Å². The molecule has 5 nitrogen and oxygen atoms in total. The first-order valence-corrected chi connectivity index (χ1v) is 9.41. The molecule has 1 unspecified atom stereocenters. The second-order valence-corrected chi connectivity index (χ2v) is 7.16. The van der Waals surface area contributed by atoms with Crippen molar-refractivity contribution in [1.29, 1.82) is 0 Å². The maximum absolute atomic E-state index is 12.5. The number of fused-ring (bicyclic) bond motifs is 1. The van der Waals surface area contributed by atoms with Gasteiger partial charge in [0, 0.05) is 29.9 Å². The van der Waals surface area contributed by atoms with Crippen LogP contribution < -0.4 is 10.6 Å².